The van der Waals surface area contributed by atoms with Crippen LogP contribution in [-0.4, -0.2) is 59.4 Å². The van der Waals surface area contributed by atoms with Gasteiger partial charge in [-0.3, -0.25) is 9.35 Å². The van der Waals surface area contributed by atoms with Gasteiger partial charge in [0.2, 0.25) is 0 Å². The maximum atomic E-state index is 11.1. The van der Waals surface area contributed by atoms with Crippen LogP contribution in [0, 0.1) is 0 Å². The van der Waals surface area contributed by atoms with E-state index in [1.165, 1.54) is 0 Å². The van der Waals surface area contributed by atoms with Crippen LogP contribution in [0.3, 0.4) is 0 Å². The van der Waals surface area contributed by atoms with Crippen molar-refractivity contribution in [2.45, 2.75) is 43.0 Å². The first kappa shape index (κ1) is 18.1. The van der Waals surface area contributed by atoms with Crippen LogP contribution in [0.2, 0.25) is 0 Å². The molecule has 2 fully saturated rings. The minimum Gasteiger partial charge on any atom is -0.481 e. The first-order valence-corrected chi connectivity index (χ1v) is 9.39. The Morgan fingerprint density at radius 2 is 2.00 bits per heavy atom. The predicted molar refractivity (Wildman–Crippen MR) is 79.1 cm³/mol. The van der Waals surface area contributed by atoms with Crippen molar-refractivity contribution in [3.63, 3.8) is 0 Å². The maximum absolute atomic E-state index is 11.1. The predicted octanol–water partition coefficient (Wildman–Crippen LogP) is 0.301. The molecule has 2 aliphatic heterocycles. The number of carboxylic acids is 1. The van der Waals surface area contributed by atoms with Crippen LogP contribution in [0.1, 0.15) is 25.7 Å². The molecule has 0 bridgehead atoms. The largest absolute Gasteiger partial charge is 0.481 e. The smallest absolute Gasteiger partial charge is 0.315 e. The quantitative estimate of drug-likeness (QED) is 0.321. The minimum absolute atomic E-state index is 0.0640. The van der Waals surface area contributed by atoms with E-state index in [2.05, 4.69) is 10.6 Å². The van der Waals surface area contributed by atoms with Gasteiger partial charge in [-0.15, -0.1) is 0 Å². The molecule has 0 aliphatic carbocycles. The minimum atomic E-state index is -3.67. The molecule has 0 unspecified atom stereocenters. The number of thioether (sulfide) groups is 1. The fraction of sp³-hybridized carbons (Fsp3) is 0.818. The first-order chi connectivity index (χ1) is 9.66. The number of unbranched alkanes of at least 4 members (excludes halogenated alkanes) is 1. The highest BCUT2D eigenvalue weighted by Crippen LogP contribution is 2.33. The molecule has 21 heavy (non-hydrogen) atoms. The van der Waals surface area contributed by atoms with E-state index in [1.54, 1.807) is 0 Å². The average Bonchev–Trinajstić information content (AvgIpc) is 2.82. The molecule has 8 nitrogen and oxygen atoms in total. The van der Waals surface area contributed by atoms with E-state index in [-0.39, 0.29) is 24.5 Å². The number of nitrogens with one attached hydrogen (secondary N) is 2. The van der Waals surface area contributed by atoms with Crippen molar-refractivity contribution in [2.24, 2.45) is 0 Å². The van der Waals surface area contributed by atoms with Crippen molar-refractivity contribution in [1.82, 2.24) is 10.6 Å². The highest BCUT2D eigenvalue weighted by molar-refractivity contribution is 8.00. The molecule has 0 saturated carbocycles. The third-order valence-corrected chi connectivity index (χ3v) is 4.58. The monoisotopic (exact) mass is 340 g/mol. The molecule has 0 spiro atoms. The Morgan fingerprint density at radius 3 is 2.57 bits per heavy atom. The zero-order chi connectivity index (χ0) is 16.0. The maximum Gasteiger partial charge on any atom is 0.315 e. The van der Waals surface area contributed by atoms with E-state index >= 15 is 0 Å². The van der Waals surface area contributed by atoms with Crippen LogP contribution in [0.4, 0.5) is 4.79 Å². The average molecular weight is 340 g/mol. The third-order valence-electron chi connectivity index (χ3n) is 3.07. The standard InChI is InChI=1S/C10H16N2O3S.CH4O3S/c13-8(14)4-2-1-3-7-9-6(5-16-7)11-10(15)12-9;1-5(2,3)4/h6-7,9H,1-5H2,(H,13,14)(H2,11,12,15);1H3,(H,2,3,4)/t6-,7-,9-;/m0./s1. The molecule has 0 aromatic rings. The molecule has 122 valence electrons. The van der Waals surface area contributed by atoms with Crippen LogP contribution in [0.15, 0.2) is 0 Å². The van der Waals surface area contributed by atoms with Crippen molar-refractivity contribution >= 4 is 33.9 Å². The number of hydrogen-bond acceptors (Lipinski definition) is 5. The first-order valence-electron chi connectivity index (χ1n) is 6.49. The molecule has 2 rings (SSSR count). The molecule has 0 aromatic carbocycles. The summed E-state index contributed by atoms with van der Waals surface area (Å²) in [5.74, 6) is 0.236. The zero-order valence-corrected chi connectivity index (χ0v) is 13.2. The van der Waals surface area contributed by atoms with E-state index in [1.807, 2.05) is 11.8 Å². The van der Waals surface area contributed by atoms with Gasteiger partial charge in [0.1, 0.15) is 0 Å². The van der Waals surface area contributed by atoms with Crippen LogP contribution < -0.4 is 10.6 Å². The summed E-state index contributed by atoms with van der Waals surface area (Å²) >= 11 is 1.87. The molecular weight excluding hydrogens is 320 g/mol. The van der Waals surface area contributed by atoms with Crippen LogP contribution in [-0.2, 0) is 14.9 Å². The molecule has 2 aliphatic rings. The zero-order valence-electron chi connectivity index (χ0n) is 11.6. The van der Waals surface area contributed by atoms with Crippen molar-refractivity contribution in [3.05, 3.63) is 0 Å². The van der Waals surface area contributed by atoms with Crippen LogP contribution in [0.25, 0.3) is 0 Å². The van der Waals surface area contributed by atoms with Gasteiger partial charge in [-0.25, -0.2) is 4.79 Å². The summed E-state index contributed by atoms with van der Waals surface area (Å²) in [5, 5.41) is 14.8. The molecule has 4 N–H and O–H groups in total. The number of hydrogen-bond donors (Lipinski definition) is 4. The number of carboxylic acid groups (broad SMARTS) is 1. The van der Waals surface area contributed by atoms with Crippen molar-refractivity contribution in [1.29, 1.82) is 0 Å². The number of carbonyl (C=O) groups excluding carboxylic acids is 1. The summed E-state index contributed by atoms with van der Waals surface area (Å²) in [7, 11) is -3.67. The molecule has 2 heterocycles. The number of rotatable bonds is 5. The number of fused-ring (bicyclic) bond motifs is 1. The molecular formula is C11H20N2O6S2. The van der Waals surface area contributed by atoms with Crippen molar-refractivity contribution < 1.29 is 27.7 Å². The van der Waals surface area contributed by atoms with Gasteiger partial charge in [0.15, 0.2) is 0 Å². The van der Waals surface area contributed by atoms with Gasteiger partial charge in [-0.1, -0.05) is 6.42 Å². The Morgan fingerprint density at radius 1 is 1.38 bits per heavy atom. The third kappa shape index (κ3) is 7.53. The summed E-state index contributed by atoms with van der Waals surface area (Å²) in [5.41, 5.74) is 0. The number of carbonyl (C=O) groups is 2. The Hall–Kier alpha value is -1.00. The molecule has 3 atom stereocenters. The second kappa shape index (κ2) is 7.85. The highest BCUT2D eigenvalue weighted by atomic mass is 32.2. The van der Waals surface area contributed by atoms with Crippen molar-refractivity contribution in [3.8, 4) is 0 Å². The Kier molecular flexibility index (Phi) is 6.75. The topological polar surface area (TPSA) is 133 Å². The van der Waals surface area contributed by atoms with Gasteiger partial charge in [0.05, 0.1) is 18.3 Å². The fourth-order valence-corrected chi connectivity index (χ4v) is 3.81. The van der Waals surface area contributed by atoms with Crippen LogP contribution in [0.5, 0.6) is 0 Å². The Balaban J connectivity index is 0.000000383. The van der Waals surface area contributed by atoms with E-state index in [4.69, 9.17) is 9.66 Å². The van der Waals surface area contributed by atoms with Gasteiger partial charge in [0.25, 0.3) is 10.1 Å². The summed E-state index contributed by atoms with van der Waals surface area (Å²) < 4.78 is 25.9. The summed E-state index contributed by atoms with van der Waals surface area (Å²) in [6.45, 7) is 0. The summed E-state index contributed by atoms with van der Waals surface area (Å²) in [4.78, 5) is 21.5. The lowest BCUT2D eigenvalue weighted by Gasteiger charge is -2.16. The van der Waals surface area contributed by atoms with Gasteiger partial charge in [-0.05, 0) is 12.8 Å². The van der Waals surface area contributed by atoms with E-state index in [0.717, 1.165) is 25.0 Å². The Labute approximate surface area is 127 Å². The van der Waals surface area contributed by atoms with E-state index in [9.17, 15) is 18.0 Å². The molecule has 0 aromatic heterocycles. The molecule has 2 amide bonds. The molecule has 10 heteroatoms. The summed E-state index contributed by atoms with van der Waals surface area (Å²) in [6.07, 6.45) is 3.60. The normalized spacial score (nSPS) is 27.1. The van der Waals surface area contributed by atoms with Gasteiger partial charge < -0.3 is 15.7 Å². The molecule has 0 radical (unpaired) electrons. The number of urea groups is 1. The lowest BCUT2D eigenvalue weighted by molar-refractivity contribution is -0.137. The second-order valence-electron chi connectivity index (χ2n) is 4.99. The van der Waals surface area contributed by atoms with E-state index < -0.39 is 16.1 Å². The number of amides is 2. The van der Waals surface area contributed by atoms with Gasteiger partial charge in [0, 0.05) is 17.4 Å². The SMILES string of the molecule is CS(=O)(=O)O.O=C(O)CCCC[C@@H]1SC[C@@H]2NC(=O)N[C@@H]21. The number of aliphatic carboxylic acids is 1. The second-order valence-corrected chi connectivity index (χ2v) is 7.73. The van der Waals surface area contributed by atoms with Gasteiger partial charge in [-0.2, -0.15) is 20.2 Å². The van der Waals surface area contributed by atoms with Gasteiger partial charge >= 0.3 is 12.0 Å². The Bertz CT molecular complexity index is 473. The lowest BCUT2D eigenvalue weighted by Crippen LogP contribution is -2.36. The van der Waals surface area contributed by atoms with Crippen molar-refractivity contribution in [2.75, 3.05) is 12.0 Å². The fourth-order valence-electron chi connectivity index (χ4n) is 2.26. The van der Waals surface area contributed by atoms with Crippen LogP contribution >= 0.6 is 11.8 Å². The molecule has 2 saturated heterocycles. The lowest BCUT2D eigenvalue weighted by atomic mass is 10.0. The summed E-state index contributed by atoms with van der Waals surface area (Å²) in [6, 6.07) is 0.440. The van der Waals surface area contributed by atoms with E-state index in [0.29, 0.717) is 11.5 Å². The highest BCUT2D eigenvalue weighted by Gasteiger charge is 2.42.